The Morgan fingerprint density at radius 3 is 2.45 bits per heavy atom. The molecule has 0 radical (unpaired) electrons. The Balaban J connectivity index is 1.88. The minimum Gasteiger partial charge on any atom is -0.355 e. The van der Waals surface area contributed by atoms with Crippen LogP contribution in [0.2, 0.25) is 0 Å². The predicted molar refractivity (Wildman–Crippen MR) is 83.3 cm³/mol. The molecule has 1 amide bonds. The van der Waals surface area contributed by atoms with E-state index < -0.39 is 0 Å². The first-order valence-electron chi connectivity index (χ1n) is 8.57. The van der Waals surface area contributed by atoms with Gasteiger partial charge in [-0.2, -0.15) is 0 Å². The largest absolute Gasteiger partial charge is 0.355 e. The molecule has 2 aliphatic carbocycles. The van der Waals surface area contributed by atoms with Crippen molar-refractivity contribution in [3.8, 4) is 0 Å². The van der Waals surface area contributed by atoms with Gasteiger partial charge in [0.15, 0.2) is 0 Å². The summed E-state index contributed by atoms with van der Waals surface area (Å²) < 4.78 is 0. The molecule has 0 aliphatic heterocycles. The summed E-state index contributed by atoms with van der Waals surface area (Å²) in [6, 6.07) is 0.286. The second-order valence-corrected chi connectivity index (χ2v) is 7.50. The number of carbonyl (C=O) groups excluding carboxylic acids is 1. The zero-order valence-electron chi connectivity index (χ0n) is 13.3. The fraction of sp³-hybridized carbons (Fsp3) is 0.941. The van der Waals surface area contributed by atoms with Crippen molar-refractivity contribution >= 4 is 5.91 Å². The Morgan fingerprint density at radius 1 is 1.20 bits per heavy atom. The van der Waals surface area contributed by atoms with E-state index in [4.69, 9.17) is 5.73 Å². The van der Waals surface area contributed by atoms with E-state index in [9.17, 15) is 4.79 Å². The lowest BCUT2D eigenvalue weighted by Gasteiger charge is -2.33. The predicted octanol–water partition coefficient (Wildman–Crippen LogP) is 3.23. The lowest BCUT2D eigenvalue weighted by Crippen LogP contribution is -2.46. The summed E-state index contributed by atoms with van der Waals surface area (Å²) >= 11 is 0. The molecule has 2 unspecified atom stereocenters. The van der Waals surface area contributed by atoms with E-state index in [2.05, 4.69) is 19.2 Å². The molecule has 0 spiro atoms. The Hall–Kier alpha value is -0.570. The number of hydrogen-bond donors (Lipinski definition) is 2. The van der Waals surface area contributed by atoms with Crippen LogP contribution in [-0.2, 0) is 4.79 Å². The first-order valence-corrected chi connectivity index (χ1v) is 8.57. The van der Waals surface area contributed by atoms with E-state index in [-0.39, 0.29) is 11.5 Å². The van der Waals surface area contributed by atoms with Gasteiger partial charge in [0, 0.05) is 18.0 Å². The molecule has 0 aromatic carbocycles. The summed E-state index contributed by atoms with van der Waals surface area (Å²) in [5, 5.41) is 3.25. The van der Waals surface area contributed by atoms with Crippen LogP contribution in [0.3, 0.4) is 0 Å². The van der Waals surface area contributed by atoms with Gasteiger partial charge < -0.3 is 11.1 Å². The lowest BCUT2D eigenvalue weighted by atomic mass is 9.77. The van der Waals surface area contributed by atoms with Gasteiger partial charge >= 0.3 is 0 Å². The van der Waals surface area contributed by atoms with Crippen molar-refractivity contribution in [2.24, 2.45) is 23.0 Å². The molecule has 116 valence electrons. The molecule has 0 saturated heterocycles. The smallest absolute Gasteiger partial charge is 0.226 e. The molecule has 2 aliphatic rings. The standard InChI is InChI=1S/C17H32N2O/c1-13(2)11-17(9-5-6-10-17)16(20)19-12-14-7-3-4-8-15(14)18/h13-15H,3-12,18H2,1-2H3,(H,19,20). The van der Waals surface area contributed by atoms with E-state index >= 15 is 0 Å². The van der Waals surface area contributed by atoms with Gasteiger partial charge in [-0.15, -0.1) is 0 Å². The Bertz CT molecular complexity index is 321. The van der Waals surface area contributed by atoms with Crippen LogP contribution < -0.4 is 11.1 Å². The molecular weight excluding hydrogens is 248 g/mol. The van der Waals surface area contributed by atoms with E-state index in [1.807, 2.05) is 0 Å². The summed E-state index contributed by atoms with van der Waals surface area (Å²) in [6.45, 7) is 5.24. The molecule has 0 bridgehead atoms. The first-order chi connectivity index (χ1) is 9.53. The Morgan fingerprint density at radius 2 is 1.85 bits per heavy atom. The topological polar surface area (TPSA) is 55.1 Å². The van der Waals surface area contributed by atoms with Gasteiger partial charge in [0.2, 0.25) is 5.91 Å². The SMILES string of the molecule is CC(C)CC1(C(=O)NCC2CCCCC2N)CCCC1. The molecule has 2 saturated carbocycles. The molecule has 0 aromatic heterocycles. The van der Waals surface area contributed by atoms with Crippen LogP contribution in [0.4, 0.5) is 0 Å². The summed E-state index contributed by atoms with van der Waals surface area (Å²) in [4.78, 5) is 12.7. The van der Waals surface area contributed by atoms with Crippen molar-refractivity contribution in [2.75, 3.05) is 6.54 Å². The number of amides is 1. The van der Waals surface area contributed by atoms with Crippen LogP contribution in [0.5, 0.6) is 0 Å². The highest BCUT2D eigenvalue weighted by Crippen LogP contribution is 2.43. The maximum absolute atomic E-state index is 12.7. The highest BCUT2D eigenvalue weighted by Gasteiger charge is 2.41. The normalized spacial score (nSPS) is 29.6. The van der Waals surface area contributed by atoms with Gasteiger partial charge in [0.25, 0.3) is 0 Å². The van der Waals surface area contributed by atoms with Gasteiger partial charge in [0.1, 0.15) is 0 Å². The van der Waals surface area contributed by atoms with Crippen LogP contribution in [0.25, 0.3) is 0 Å². The minimum atomic E-state index is -0.0765. The summed E-state index contributed by atoms with van der Waals surface area (Å²) in [5.41, 5.74) is 6.10. The molecule has 3 nitrogen and oxygen atoms in total. The van der Waals surface area contributed by atoms with Crippen molar-refractivity contribution in [1.82, 2.24) is 5.32 Å². The molecule has 2 rings (SSSR count). The number of hydrogen-bond acceptors (Lipinski definition) is 2. The van der Waals surface area contributed by atoms with Crippen molar-refractivity contribution in [3.63, 3.8) is 0 Å². The van der Waals surface area contributed by atoms with Crippen LogP contribution in [0, 0.1) is 17.3 Å². The molecule has 0 aromatic rings. The zero-order valence-corrected chi connectivity index (χ0v) is 13.3. The van der Waals surface area contributed by atoms with Gasteiger partial charge in [-0.05, 0) is 43.9 Å². The van der Waals surface area contributed by atoms with Crippen molar-refractivity contribution in [3.05, 3.63) is 0 Å². The maximum atomic E-state index is 12.7. The maximum Gasteiger partial charge on any atom is 0.226 e. The van der Waals surface area contributed by atoms with Crippen LogP contribution >= 0.6 is 0 Å². The molecule has 0 heterocycles. The molecule has 3 heteroatoms. The third kappa shape index (κ3) is 3.75. The first kappa shape index (κ1) is 15.8. The van der Waals surface area contributed by atoms with Crippen LogP contribution in [0.15, 0.2) is 0 Å². The number of nitrogens with one attached hydrogen (secondary N) is 1. The Kier molecular flexibility index (Phi) is 5.48. The number of rotatable bonds is 5. The monoisotopic (exact) mass is 280 g/mol. The zero-order chi connectivity index (χ0) is 14.6. The average molecular weight is 280 g/mol. The summed E-state index contributed by atoms with van der Waals surface area (Å²) in [6.07, 6.45) is 10.4. The fourth-order valence-electron chi connectivity index (χ4n) is 4.26. The quantitative estimate of drug-likeness (QED) is 0.812. The third-order valence-corrected chi connectivity index (χ3v) is 5.33. The average Bonchev–Trinajstić information content (AvgIpc) is 2.86. The van der Waals surface area contributed by atoms with Crippen LogP contribution in [-0.4, -0.2) is 18.5 Å². The fourth-order valence-corrected chi connectivity index (χ4v) is 4.26. The highest BCUT2D eigenvalue weighted by molar-refractivity contribution is 5.82. The molecule has 2 atom stereocenters. The van der Waals surface area contributed by atoms with Gasteiger partial charge in [-0.1, -0.05) is 39.5 Å². The second kappa shape index (κ2) is 6.93. The molecule has 3 N–H and O–H groups in total. The summed E-state index contributed by atoms with van der Waals surface area (Å²) in [5.74, 6) is 1.39. The van der Waals surface area contributed by atoms with E-state index in [0.29, 0.717) is 17.7 Å². The minimum absolute atomic E-state index is 0.0765. The summed E-state index contributed by atoms with van der Waals surface area (Å²) in [7, 11) is 0. The molecular formula is C17H32N2O. The number of nitrogens with two attached hydrogens (primary N) is 1. The van der Waals surface area contributed by atoms with Crippen molar-refractivity contribution in [2.45, 2.75) is 77.7 Å². The van der Waals surface area contributed by atoms with Gasteiger partial charge in [-0.25, -0.2) is 0 Å². The van der Waals surface area contributed by atoms with Gasteiger partial charge in [-0.3, -0.25) is 4.79 Å². The van der Waals surface area contributed by atoms with E-state index in [0.717, 1.165) is 32.2 Å². The third-order valence-electron chi connectivity index (χ3n) is 5.33. The van der Waals surface area contributed by atoms with Crippen molar-refractivity contribution in [1.29, 1.82) is 0 Å². The van der Waals surface area contributed by atoms with E-state index in [1.54, 1.807) is 0 Å². The molecule has 2 fully saturated rings. The Labute approximate surface area is 124 Å². The lowest BCUT2D eigenvalue weighted by molar-refractivity contribution is -0.132. The number of carbonyl (C=O) groups is 1. The molecule has 20 heavy (non-hydrogen) atoms. The van der Waals surface area contributed by atoms with Crippen molar-refractivity contribution < 1.29 is 4.79 Å². The van der Waals surface area contributed by atoms with Crippen LogP contribution in [0.1, 0.15) is 71.6 Å². The van der Waals surface area contributed by atoms with Gasteiger partial charge in [0.05, 0.1) is 0 Å². The van der Waals surface area contributed by atoms with E-state index in [1.165, 1.54) is 32.1 Å². The second-order valence-electron chi connectivity index (χ2n) is 7.50. The highest BCUT2D eigenvalue weighted by atomic mass is 16.2.